The van der Waals surface area contributed by atoms with Crippen molar-refractivity contribution < 1.29 is 0 Å². The van der Waals surface area contributed by atoms with Crippen LogP contribution in [0, 0.1) is 6.92 Å². The number of hydrogen-bond donors (Lipinski definition) is 0. The Labute approximate surface area is 129 Å². The van der Waals surface area contributed by atoms with Gasteiger partial charge in [0.2, 0.25) is 0 Å². The van der Waals surface area contributed by atoms with Gasteiger partial charge in [-0.3, -0.25) is 0 Å². The molecule has 0 aliphatic carbocycles. The van der Waals surface area contributed by atoms with E-state index in [-0.39, 0.29) is 0 Å². The monoisotopic (exact) mass is 278 g/mol. The average Bonchev–Trinajstić information content (AvgIpc) is 2.51. The lowest BCUT2D eigenvalue weighted by molar-refractivity contribution is 0.879. The van der Waals surface area contributed by atoms with E-state index in [1.54, 1.807) is 0 Å². The molecule has 2 aromatic rings. The zero-order chi connectivity index (χ0) is 15.1. The van der Waals surface area contributed by atoms with Crippen molar-refractivity contribution in [3.63, 3.8) is 0 Å². The predicted molar refractivity (Wildman–Crippen MR) is 94.5 cm³/mol. The first-order valence-corrected chi connectivity index (χ1v) is 8.10. The normalized spacial score (nSPS) is 11.2. The van der Waals surface area contributed by atoms with E-state index in [0.717, 1.165) is 0 Å². The van der Waals surface area contributed by atoms with Gasteiger partial charge in [0, 0.05) is 0 Å². The van der Waals surface area contributed by atoms with Crippen molar-refractivity contribution in [1.82, 2.24) is 0 Å². The molecule has 0 bridgehead atoms. The van der Waals surface area contributed by atoms with Gasteiger partial charge in [0.1, 0.15) is 0 Å². The topological polar surface area (TPSA) is 0 Å². The summed E-state index contributed by atoms with van der Waals surface area (Å²) in [7, 11) is 0. The SMILES string of the molecule is CCCc1cc(C=Cc2ccccc2)cc(CCC)c1C. The quantitative estimate of drug-likeness (QED) is 0.562. The summed E-state index contributed by atoms with van der Waals surface area (Å²) in [5.74, 6) is 0. The van der Waals surface area contributed by atoms with Gasteiger partial charge in [0.05, 0.1) is 0 Å². The Balaban J connectivity index is 2.32. The Morgan fingerprint density at radius 2 is 1.29 bits per heavy atom. The third kappa shape index (κ3) is 4.32. The van der Waals surface area contributed by atoms with E-state index in [4.69, 9.17) is 0 Å². The molecule has 0 aliphatic heterocycles. The van der Waals surface area contributed by atoms with Gasteiger partial charge in [-0.05, 0) is 47.6 Å². The molecule has 0 saturated carbocycles. The molecular weight excluding hydrogens is 252 g/mol. The smallest absolute Gasteiger partial charge is 0.0251 e. The van der Waals surface area contributed by atoms with Gasteiger partial charge in [0.15, 0.2) is 0 Å². The fourth-order valence-corrected chi connectivity index (χ4v) is 2.78. The van der Waals surface area contributed by atoms with Gasteiger partial charge in [-0.2, -0.15) is 0 Å². The molecule has 2 aromatic carbocycles. The molecule has 0 nitrogen and oxygen atoms in total. The Morgan fingerprint density at radius 3 is 1.81 bits per heavy atom. The highest BCUT2D eigenvalue weighted by atomic mass is 14.1. The highest BCUT2D eigenvalue weighted by molar-refractivity contribution is 5.70. The first kappa shape index (κ1) is 15.6. The third-order valence-electron chi connectivity index (χ3n) is 3.95. The van der Waals surface area contributed by atoms with E-state index in [2.05, 4.69) is 75.4 Å². The van der Waals surface area contributed by atoms with Gasteiger partial charge >= 0.3 is 0 Å². The summed E-state index contributed by atoms with van der Waals surface area (Å²) in [5, 5.41) is 0. The first-order valence-electron chi connectivity index (χ1n) is 8.10. The average molecular weight is 278 g/mol. The van der Waals surface area contributed by atoms with E-state index in [9.17, 15) is 0 Å². The molecule has 0 unspecified atom stereocenters. The van der Waals surface area contributed by atoms with Crippen LogP contribution < -0.4 is 0 Å². The van der Waals surface area contributed by atoms with Gasteiger partial charge in [-0.15, -0.1) is 0 Å². The van der Waals surface area contributed by atoms with Gasteiger partial charge in [0.25, 0.3) is 0 Å². The van der Waals surface area contributed by atoms with Crippen LogP contribution in [0.25, 0.3) is 12.2 Å². The van der Waals surface area contributed by atoms with Crippen LogP contribution in [0.4, 0.5) is 0 Å². The maximum Gasteiger partial charge on any atom is -0.0251 e. The minimum atomic E-state index is 1.18. The Morgan fingerprint density at radius 1 is 0.762 bits per heavy atom. The molecule has 0 aromatic heterocycles. The molecule has 0 saturated heterocycles. The second kappa shape index (κ2) is 7.83. The molecule has 0 N–H and O–H groups in total. The molecule has 0 heterocycles. The standard InChI is InChI=1S/C21H26/c1-4-9-20-15-19(16-21(10-5-2)17(20)3)14-13-18-11-7-6-8-12-18/h6-8,11-16H,4-5,9-10H2,1-3H3. The van der Waals surface area contributed by atoms with Gasteiger partial charge in [-0.1, -0.05) is 81.3 Å². The lowest BCUT2D eigenvalue weighted by Gasteiger charge is -2.12. The van der Waals surface area contributed by atoms with Crippen LogP contribution in [0.3, 0.4) is 0 Å². The summed E-state index contributed by atoms with van der Waals surface area (Å²) < 4.78 is 0. The molecule has 0 aliphatic rings. The van der Waals surface area contributed by atoms with Crippen LogP contribution in [-0.4, -0.2) is 0 Å². The van der Waals surface area contributed by atoms with E-state index < -0.39 is 0 Å². The minimum Gasteiger partial charge on any atom is -0.0651 e. The van der Waals surface area contributed by atoms with Crippen LogP contribution in [-0.2, 0) is 12.8 Å². The first-order chi connectivity index (χ1) is 10.2. The minimum absolute atomic E-state index is 1.18. The molecule has 0 fully saturated rings. The van der Waals surface area contributed by atoms with Crippen LogP contribution in [0.15, 0.2) is 42.5 Å². The summed E-state index contributed by atoms with van der Waals surface area (Å²) in [4.78, 5) is 0. The van der Waals surface area contributed by atoms with Crippen LogP contribution in [0.5, 0.6) is 0 Å². The molecule has 0 heteroatoms. The second-order valence-electron chi connectivity index (χ2n) is 5.71. The van der Waals surface area contributed by atoms with E-state index in [1.165, 1.54) is 53.5 Å². The van der Waals surface area contributed by atoms with Gasteiger partial charge < -0.3 is 0 Å². The number of aryl methyl sites for hydroxylation is 2. The number of rotatable bonds is 6. The predicted octanol–water partition coefficient (Wildman–Crippen LogP) is 6.07. The number of hydrogen-bond acceptors (Lipinski definition) is 0. The van der Waals surface area contributed by atoms with E-state index >= 15 is 0 Å². The maximum atomic E-state index is 2.36. The Kier molecular flexibility index (Phi) is 5.80. The molecule has 0 atom stereocenters. The zero-order valence-electron chi connectivity index (χ0n) is 13.5. The Hall–Kier alpha value is -1.82. The van der Waals surface area contributed by atoms with Crippen LogP contribution in [0.1, 0.15) is 54.5 Å². The van der Waals surface area contributed by atoms with Crippen molar-refractivity contribution in [2.24, 2.45) is 0 Å². The maximum absolute atomic E-state index is 2.36. The zero-order valence-corrected chi connectivity index (χ0v) is 13.5. The summed E-state index contributed by atoms with van der Waals surface area (Å²) in [6.45, 7) is 6.79. The summed E-state index contributed by atoms with van der Waals surface area (Å²) >= 11 is 0. The second-order valence-corrected chi connectivity index (χ2v) is 5.71. The van der Waals surface area contributed by atoms with E-state index in [0.29, 0.717) is 0 Å². The van der Waals surface area contributed by atoms with Crippen molar-refractivity contribution in [2.75, 3.05) is 0 Å². The van der Waals surface area contributed by atoms with Gasteiger partial charge in [-0.25, -0.2) is 0 Å². The van der Waals surface area contributed by atoms with Crippen molar-refractivity contribution in [2.45, 2.75) is 46.5 Å². The van der Waals surface area contributed by atoms with Crippen molar-refractivity contribution in [3.8, 4) is 0 Å². The summed E-state index contributed by atoms with van der Waals surface area (Å²) in [6.07, 6.45) is 9.21. The number of benzene rings is 2. The van der Waals surface area contributed by atoms with Crippen molar-refractivity contribution >= 4 is 12.2 Å². The largest absolute Gasteiger partial charge is 0.0651 e. The van der Waals surface area contributed by atoms with E-state index in [1.807, 2.05) is 0 Å². The fraction of sp³-hybridized carbons (Fsp3) is 0.333. The lowest BCUT2D eigenvalue weighted by Crippen LogP contribution is -1.97. The molecule has 21 heavy (non-hydrogen) atoms. The molecule has 0 radical (unpaired) electrons. The molecule has 110 valence electrons. The fourth-order valence-electron chi connectivity index (χ4n) is 2.78. The summed E-state index contributed by atoms with van der Waals surface area (Å²) in [5.41, 5.74) is 7.10. The molecular formula is C21H26. The lowest BCUT2D eigenvalue weighted by atomic mass is 9.93. The van der Waals surface area contributed by atoms with Crippen molar-refractivity contribution in [1.29, 1.82) is 0 Å². The molecule has 2 rings (SSSR count). The highest BCUT2D eigenvalue weighted by Gasteiger charge is 2.05. The molecule has 0 spiro atoms. The Bertz CT molecular complexity index is 564. The van der Waals surface area contributed by atoms with Crippen LogP contribution in [0.2, 0.25) is 0 Å². The van der Waals surface area contributed by atoms with Crippen LogP contribution >= 0.6 is 0 Å². The summed E-state index contributed by atoms with van der Waals surface area (Å²) in [6, 6.07) is 15.2. The molecule has 0 amide bonds. The highest BCUT2D eigenvalue weighted by Crippen LogP contribution is 2.21. The van der Waals surface area contributed by atoms with Crippen molar-refractivity contribution in [3.05, 3.63) is 70.3 Å². The third-order valence-corrected chi connectivity index (χ3v) is 3.95.